The fourth-order valence-corrected chi connectivity index (χ4v) is 1.87. The number of aromatic nitrogens is 1. The Hall–Kier alpha value is -1.84. The highest BCUT2D eigenvalue weighted by atomic mass is 16.5. The van der Waals surface area contributed by atoms with Crippen molar-refractivity contribution in [2.45, 2.75) is 6.04 Å². The molecule has 1 unspecified atom stereocenters. The molecular formula is C11H14N4O2. The minimum Gasteiger partial charge on any atom is -0.397 e. The van der Waals surface area contributed by atoms with Crippen LogP contribution in [0.1, 0.15) is 5.56 Å². The van der Waals surface area contributed by atoms with Crippen LogP contribution in [-0.4, -0.2) is 42.5 Å². The monoisotopic (exact) mass is 234 g/mol. The van der Waals surface area contributed by atoms with E-state index in [1.54, 1.807) is 6.07 Å². The molecule has 0 aromatic carbocycles. The van der Waals surface area contributed by atoms with Crippen LogP contribution in [0.4, 0.5) is 11.5 Å². The van der Waals surface area contributed by atoms with Crippen molar-refractivity contribution >= 4 is 11.5 Å². The largest absolute Gasteiger partial charge is 0.397 e. The van der Waals surface area contributed by atoms with Gasteiger partial charge in [-0.15, -0.1) is 0 Å². The van der Waals surface area contributed by atoms with Gasteiger partial charge in [0, 0.05) is 6.54 Å². The molecular weight excluding hydrogens is 220 g/mol. The first-order valence-electron chi connectivity index (χ1n) is 5.37. The summed E-state index contributed by atoms with van der Waals surface area (Å²) >= 11 is 0. The van der Waals surface area contributed by atoms with Crippen molar-refractivity contribution in [3.63, 3.8) is 0 Å². The minimum absolute atomic E-state index is 0.0308. The zero-order valence-electron chi connectivity index (χ0n) is 9.33. The number of nitrogens with zero attached hydrogens (tertiary/aromatic N) is 3. The molecule has 0 radical (unpaired) electrons. The van der Waals surface area contributed by atoms with Crippen molar-refractivity contribution < 1.29 is 9.84 Å². The second-order valence-corrected chi connectivity index (χ2v) is 3.86. The van der Waals surface area contributed by atoms with Crippen LogP contribution in [0.3, 0.4) is 0 Å². The number of pyridine rings is 1. The highest BCUT2D eigenvalue weighted by Gasteiger charge is 2.25. The minimum atomic E-state index is -0.160. The summed E-state index contributed by atoms with van der Waals surface area (Å²) in [6, 6.07) is 3.50. The first-order chi connectivity index (χ1) is 8.26. The first-order valence-corrected chi connectivity index (χ1v) is 5.37. The number of aliphatic hydroxyl groups excluding tert-OH is 1. The summed E-state index contributed by atoms with van der Waals surface area (Å²) < 4.78 is 5.28. The Bertz CT molecular complexity index is 444. The van der Waals surface area contributed by atoms with E-state index in [1.807, 2.05) is 4.90 Å². The smallest absolute Gasteiger partial charge is 0.147 e. The summed E-state index contributed by atoms with van der Waals surface area (Å²) in [5, 5.41) is 18.4. The molecule has 1 aromatic heterocycles. The van der Waals surface area contributed by atoms with E-state index < -0.39 is 0 Å². The van der Waals surface area contributed by atoms with Crippen LogP contribution in [-0.2, 0) is 4.74 Å². The highest BCUT2D eigenvalue weighted by molar-refractivity contribution is 5.59. The molecule has 1 aromatic rings. The van der Waals surface area contributed by atoms with Crippen LogP contribution in [0.5, 0.6) is 0 Å². The lowest BCUT2D eigenvalue weighted by Crippen LogP contribution is -2.48. The van der Waals surface area contributed by atoms with Gasteiger partial charge in [0.2, 0.25) is 0 Å². The van der Waals surface area contributed by atoms with E-state index in [9.17, 15) is 5.11 Å². The number of nitrogen functional groups attached to an aromatic ring is 1. The molecule has 2 heterocycles. The average Bonchev–Trinajstić information content (AvgIpc) is 2.38. The third-order valence-corrected chi connectivity index (χ3v) is 2.72. The summed E-state index contributed by atoms with van der Waals surface area (Å²) in [4.78, 5) is 6.07. The molecule has 6 heteroatoms. The molecule has 0 bridgehead atoms. The van der Waals surface area contributed by atoms with Gasteiger partial charge in [-0.25, -0.2) is 4.98 Å². The number of hydrogen-bond donors (Lipinski definition) is 2. The first kappa shape index (κ1) is 11.6. The number of ether oxygens (including phenoxy) is 1. The second kappa shape index (κ2) is 4.99. The Morgan fingerprint density at radius 1 is 1.71 bits per heavy atom. The van der Waals surface area contributed by atoms with Crippen molar-refractivity contribution in [1.82, 2.24) is 4.98 Å². The summed E-state index contributed by atoms with van der Waals surface area (Å²) in [6.07, 6.45) is 1.51. The van der Waals surface area contributed by atoms with Crippen molar-refractivity contribution in [3.8, 4) is 6.07 Å². The van der Waals surface area contributed by atoms with E-state index in [1.165, 1.54) is 6.20 Å². The maximum atomic E-state index is 9.28. The highest BCUT2D eigenvalue weighted by Crippen LogP contribution is 2.22. The lowest BCUT2D eigenvalue weighted by molar-refractivity contribution is 0.0722. The van der Waals surface area contributed by atoms with E-state index in [2.05, 4.69) is 11.1 Å². The van der Waals surface area contributed by atoms with E-state index >= 15 is 0 Å². The van der Waals surface area contributed by atoms with E-state index in [0.29, 0.717) is 36.8 Å². The fraction of sp³-hybridized carbons (Fsp3) is 0.455. The van der Waals surface area contributed by atoms with Gasteiger partial charge in [-0.3, -0.25) is 0 Å². The van der Waals surface area contributed by atoms with Crippen molar-refractivity contribution in [2.75, 3.05) is 37.0 Å². The van der Waals surface area contributed by atoms with Crippen LogP contribution < -0.4 is 10.6 Å². The Morgan fingerprint density at radius 3 is 3.24 bits per heavy atom. The predicted octanol–water partition coefficient (Wildman–Crippen LogP) is -0.267. The zero-order chi connectivity index (χ0) is 12.3. The molecule has 0 saturated carbocycles. The molecule has 6 nitrogen and oxygen atoms in total. The summed E-state index contributed by atoms with van der Waals surface area (Å²) in [5.41, 5.74) is 6.47. The van der Waals surface area contributed by atoms with Gasteiger partial charge in [0.25, 0.3) is 0 Å². The Morgan fingerprint density at radius 2 is 2.53 bits per heavy atom. The van der Waals surface area contributed by atoms with Gasteiger partial charge < -0.3 is 20.5 Å². The molecule has 1 saturated heterocycles. The van der Waals surface area contributed by atoms with Gasteiger partial charge in [-0.2, -0.15) is 5.26 Å². The third kappa shape index (κ3) is 2.30. The van der Waals surface area contributed by atoms with Gasteiger partial charge in [0.15, 0.2) is 0 Å². The maximum absolute atomic E-state index is 9.28. The normalized spacial score (nSPS) is 20.0. The quantitative estimate of drug-likeness (QED) is 0.731. The Labute approximate surface area is 99.2 Å². The number of nitriles is 1. The predicted molar refractivity (Wildman–Crippen MR) is 62.4 cm³/mol. The van der Waals surface area contributed by atoms with Crippen LogP contribution in [0.2, 0.25) is 0 Å². The summed E-state index contributed by atoms with van der Waals surface area (Å²) in [5.74, 6) is 0.559. The van der Waals surface area contributed by atoms with Gasteiger partial charge in [0.05, 0.1) is 43.3 Å². The lowest BCUT2D eigenvalue weighted by atomic mass is 10.2. The molecule has 0 spiro atoms. The maximum Gasteiger partial charge on any atom is 0.147 e. The molecule has 17 heavy (non-hydrogen) atoms. The number of morpholine rings is 1. The molecule has 3 N–H and O–H groups in total. The Kier molecular flexibility index (Phi) is 3.42. The Balaban J connectivity index is 2.35. The number of anilines is 2. The van der Waals surface area contributed by atoms with Crippen LogP contribution >= 0.6 is 0 Å². The molecule has 1 fully saturated rings. The van der Waals surface area contributed by atoms with Crippen molar-refractivity contribution in [3.05, 3.63) is 17.8 Å². The standard InChI is InChI=1S/C11H14N4O2/c12-4-8-3-9(13)5-14-11(8)15-1-2-17-7-10(15)6-16/h3,5,10,16H,1-2,6-7,13H2. The average molecular weight is 234 g/mol. The molecule has 2 rings (SSSR count). The topological polar surface area (TPSA) is 95.4 Å². The molecule has 1 atom stereocenters. The lowest BCUT2D eigenvalue weighted by Gasteiger charge is -2.35. The van der Waals surface area contributed by atoms with Crippen LogP contribution in [0.25, 0.3) is 0 Å². The molecule has 0 aliphatic carbocycles. The van der Waals surface area contributed by atoms with Gasteiger partial charge in [-0.05, 0) is 6.07 Å². The molecule has 1 aliphatic rings. The summed E-state index contributed by atoms with van der Waals surface area (Å²) in [7, 11) is 0. The number of aliphatic hydroxyl groups is 1. The van der Waals surface area contributed by atoms with Crippen LogP contribution in [0, 0.1) is 11.3 Å². The van der Waals surface area contributed by atoms with Crippen molar-refractivity contribution in [1.29, 1.82) is 5.26 Å². The SMILES string of the molecule is N#Cc1cc(N)cnc1N1CCOCC1CO. The molecule has 90 valence electrons. The number of hydrogen-bond acceptors (Lipinski definition) is 6. The zero-order valence-corrected chi connectivity index (χ0v) is 9.33. The molecule has 0 amide bonds. The molecule has 1 aliphatic heterocycles. The number of rotatable bonds is 2. The van der Waals surface area contributed by atoms with Crippen molar-refractivity contribution in [2.24, 2.45) is 0 Å². The third-order valence-electron chi connectivity index (χ3n) is 2.72. The second-order valence-electron chi connectivity index (χ2n) is 3.86. The van der Waals surface area contributed by atoms with E-state index in [0.717, 1.165) is 0 Å². The number of nitrogens with two attached hydrogens (primary N) is 1. The van der Waals surface area contributed by atoms with Gasteiger partial charge in [-0.1, -0.05) is 0 Å². The van der Waals surface area contributed by atoms with Gasteiger partial charge in [0.1, 0.15) is 11.9 Å². The fourth-order valence-electron chi connectivity index (χ4n) is 1.87. The summed E-state index contributed by atoms with van der Waals surface area (Å²) in [6.45, 7) is 1.58. The van der Waals surface area contributed by atoms with Crippen LogP contribution in [0.15, 0.2) is 12.3 Å². The van der Waals surface area contributed by atoms with E-state index in [-0.39, 0.29) is 12.6 Å². The van der Waals surface area contributed by atoms with E-state index in [4.69, 9.17) is 15.7 Å². The van der Waals surface area contributed by atoms with Gasteiger partial charge >= 0.3 is 0 Å².